The number of phenols is 1. The fraction of sp³-hybridized carbons (Fsp3) is 0.458. The first kappa shape index (κ1) is 21.3. The molecular weight excluding hydrogens is 388 g/mol. The van der Waals surface area contributed by atoms with Crippen molar-refractivity contribution in [2.24, 2.45) is 5.10 Å². The van der Waals surface area contributed by atoms with E-state index < -0.39 is 0 Å². The van der Waals surface area contributed by atoms with Crippen LogP contribution in [0.2, 0.25) is 0 Å². The van der Waals surface area contributed by atoms with Gasteiger partial charge in [-0.25, -0.2) is 0 Å². The summed E-state index contributed by atoms with van der Waals surface area (Å²) < 4.78 is 0. The van der Waals surface area contributed by atoms with Crippen LogP contribution < -0.4 is 10.2 Å². The van der Waals surface area contributed by atoms with E-state index in [1.807, 2.05) is 44.4 Å². The van der Waals surface area contributed by atoms with Gasteiger partial charge >= 0.3 is 0 Å². The van der Waals surface area contributed by atoms with Crippen molar-refractivity contribution in [2.75, 3.05) is 19.0 Å². The number of nitrogens with zero attached hydrogens (tertiary/aromatic N) is 5. The molecule has 2 bridgehead atoms. The summed E-state index contributed by atoms with van der Waals surface area (Å²) in [6, 6.07) is 11.3. The summed E-state index contributed by atoms with van der Waals surface area (Å²) in [4.78, 5) is 2.27. The van der Waals surface area contributed by atoms with Gasteiger partial charge in [0.15, 0.2) is 5.82 Å². The highest BCUT2D eigenvalue weighted by molar-refractivity contribution is 5.73. The van der Waals surface area contributed by atoms with Crippen LogP contribution in [0.1, 0.15) is 44.6 Å². The van der Waals surface area contributed by atoms with Gasteiger partial charge in [0.1, 0.15) is 5.75 Å². The summed E-state index contributed by atoms with van der Waals surface area (Å²) in [5, 5.41) is 28.7. The number of allylic oxidation sites excluding steroid dienone is 1. The Labute approximate surface area is 184 Å². The Morgan fingerprint density at radius 3 is 2.52 bits per heavy atom. The van der Waals surface area contributed by atoms with Crippen molar-refractivity contribution >= 4 is 18.1 Å². The predicted octanol–water partition coefficient (Wildman–Crippen LogP) is 3.87. The highest BCUT2D eigenvalue weighted by Gasteiger charge is 2.33. The fourth-order valence-corrected chi connectivity index (χ4v) is 4.78. The number of aromatic nitrogens is 2. The molecule has 2 aliphatic rings. The molecule has 2 aromatic rings. The second-order valence-electron chi connectivity index (χ2n) is 8.76. The average Bonchev–Trinajstić information content (AvgIpc) is 2.78. The van der Waals surface area contributed by atoms with E-state index in [0.29, 0.717) is 29.4 Å². The van der Waals surface area contributed by atoms with Gasteiger partial charge in [-0.3, -0.25) is 5.01 Å². The van der Waals surface area contributed by atoms with Gasteiger partial charge in [0.25, 0.3) is 0 Å². The van der Waals surface area contributed by atoms with Crippen LogP contribution in [0.15, 0.2) is 41.6 Å². The Hall–Kier alpha value is -2.93. The lowest BCUT2D eigenvalue weighted by Gasteiger charge is -2.43. The fourth-order valence-electron chi connectivity index (χ4n) is 4.78. The minimum Gasteiger partial charge on any atom is -0.507 e. The van der Waals surface area contributed by atoms with Gasteiger partial charge in [-0.15, -0.1) is 10.2 Å². The van der Waals surface area contributed by atoms with Crippen molar-refractivity contribution in [1.29, 1.82) is 0 Å². The Balaban J connectivity index is 1.49. The lowest BCUT2D eigenvalue weighted by Crippen LogP contribution is -2.54. The van der Waals surface area contributed by atoms with Crippen LogP contribution in [-0.2, 0) is 0 Å². The second-order valence-corrected chi connectivity index (χ2v) is 8.76. The molecule has 1 aromatic heterocycles. The third-order valence-electron chi connectivity index (χ3n) is 6.58. The van der Waals surface area contributed by atoms with Crippen LogP contribution in [0, 0.1) is 0 Å². The number of piperidine rings is 2. The summed E-state index contributed by atoms with van der Waals surface area (Å²) in [7, 11) is 3.93. The molecule has 2 fully saturated rings. The molecule has 0 aliphatic carbocycles. The molecule has 7 heteroatoms. The number of benzene rings is 1. The largest absolute Gasteiger partial charge is 0.507 e. The zero-order chi connectivity index (χ0) is 22.0. The van der Waals surface area contributed by atoms with Gasteiger partial charge in [0.2, 0.25) is 0 Å². The molecule has 0 amide bonds. The quantitative estimate of drug-likeness (QED) is 0.546. The van der Waals surface area contributed by atoms with Gasteiger partial charge in [0.05, 0.1) is 5.69 Å². The van der Waals surface area contributed by atoms with Gasteiger partial charge in [-0.1, -0.05) is 12.5 Å². The smallest absolute Gasteiger partial charge is 0.151 e. The van der Waals surface area contributed by atoms with Crippen LogP contribution in [0.5, 0.6) is 5.75 Å². The summed E-state index contributed by atoms with van der Waals surface area (Å²) >= 11 is 0. The average molecular weight is 421 g/mol. The van der Waals surface area contributed by atoms with Gasteiger partial charge in [0, 0.05) is 50.7 Å². The van der Waals surface area contributed by atoms with Crippen LogP contribution in [-0.4, -0.2) is 59.3 Å². The first-order chi connectivity index (χ1) is 14.9. The van der Waals surface area contributed by atoms with Crippen LogP contribution >= 0.6 is 0 Å². The minimum absolute atomic E-state index is 0.182. The Bertz CT molecular complexity index is 945. The van der Waals surface area contributed by atoms with Gasteiger partial charge in [-0.2, -0.15) is 5.10 Å². The number of anilines is 1. The molecule has 164 valence electrons. The predicted molar refractivity (Wildman–Crippen MR) is 126 cm³/mol. The lowest BCUT2D eigenvalue weighted by molar-refractivity contribution is 0.219. The molecule has 2 saturated heterocycles. The topological polar surface area (TPSA) is 76.9 Å². The van der Waals surface area contributed by atoms with E-state index in [4.69, 9.17) is 0 Å². The number of hydrogen-bond donors (Lipinski definition) is 2. The van der Waals surface area contributed by atoms with E-state index in [9.17, 15) is 5.11 Å². The second kappa shape index (κ2) is 9.06. The molecule has 0 radical (unpaired) electrons. The van der Waals surface area contributed by atoms with Crippen LogP contribution in [0.4, 0.5) is 5.82 Å². The first-order valence-electron chi connectivity index (χ1n) is 11.0. The number of hydrogen-bond acceptors (Lipinski definition) is 7. The molecule has 3 heterocycles. The first-order valence-corrected chi connectivity index (χ1v) is 11.0. The molecule has 1 aromatic carbocycles. The summed E-state index contributed by atoms with van der Waals surface area (Å²) in [5.41, 5.74) is 3.23. The Kier molecular flexibility index (Phi) is 6.23. The van der Waals surface area contributed by atoms with Gasteiger partial charge < -0.3 is 15.3 Å². The normalized spacial score (nSPS) is 23.3. The maximum absolute atomic E-state index is 10.6. The highest BCUT2D eigenvalue weighted by Crippen LogP contribution is 2.33. The van der Waals surface area contributed by atoms with Crippen molar-refractivity contribution in [3.8, 4) is 17.0 Å². The molecule has 2 aliphatic heterocycles. The van der Waals surface area contributed by atoms with Crippen molar-refractivity contribution in [3.63, 3.8) is 0 Å². The van der Waals surface area contributed by atoms with Crippen molar-refractivity contribution in [2.45, 2.75) is 57.2 Å². The highest BCUT2D eigenvalue weighted by atomic mass is 16.3. The minimum atomic E-state index is 0.182. The molecule has 31 heavy (non-hydrogen) atoms. The molecule has 0 saturated carbocycles. The standard InChI is InChI=1S/C24H32N6O/c1-16(15-29(3)25-2)17-8-9-21(23(31)12-17)22-10-11-24(28-27-22)30(4)20-13-18-6-5-7-19(14-20)26-18/h8-12,15,18-20,26,31H,2,5-7,13-14H2,1,3-4H3/b16-15+. The molecule has 0 spiro atoms. The summed E-state index contributed by atoms with van der Waals surface area (Å²) in [6.07, 6.45) is 8.06. The Morgan fingerprint density at radius 1 is 1.16 bits per heavy atom. The van der Waals surface area contributed by atoms with Crippen molar-refractivity contribution in [1.82, 2.24) is 20.5 Å². The van der Waals surface area contributed by atoms with Gasteiger partial charge in [-0.05, 0) is 68.0 Å². The summed E-state index contributed by atoms with van der Waals surface area (Å²) in [5.74, 6) is 1.06. The van der Waals surface area contributed by atoms with E-state index in [-0.39, 0.29) is 5.75 Å². The Morgan fingerprint density at radius 2 is 1.90 bits per heavy atom. The molecule has 2 N–H and O–H groups in total. The monoisotopic (exact) mass is 420 g/mol. The third kappa shape index (κ3) is 4.71. The number of fused-ring (bicyclic) bond motifs is 2. The number of phenolic OH excluding ortho intramolecular Hbond substituents is 1. The lowest BCUT2D eigenvalue weighted by atomic mass is 9.83. The third-order valence-corrected chi connectivity index (χ3v) is 6.58. The van der Waals surface area contributed by atoms with E-state index in [0.717, 1.165) is 29.8 Å². The van der Waals surface area contributed by atoms with E-state index in [1.165, 1.54) is 19.3 Å². The van der Waals surface area contributed by atoms with E-state index in [1.54, 1.807) is 11.1 Å². The zero-order valence-corrected chi connectivity index (χ0v) is 18.6. The maximum Gasteiger partial charge on any atom is 0.151 e. The molecule has 2 atom stereocenters. The van der Waals surface area contributed by atoms with Crippen LogP contribution in [0.25, 0.3) is 16.8 Å². The number of nitrogens with one attached hydrogen (secondary N) is 1. The summed E-state index contributed by atoms with van der Waals surface area (Å²) in [6.45, 7) is 5.47. The molecular formula is C24H32N6O. The molecule has 4 rings (SSSR count). The van der Waals surface area contributed by atoms with Crippen LogP contribution in [0.3, 0.4) is 0 Å². The number of rotatable bonds is 6. The zero-order valence-electron chi connectivity index (χ0n) is 18.6. The van der Waals surface area contributed by atoms with E-state index >= 15 is 0 Å². The number of aromatic hydroxyl groups is 1. The number of hydrazone groups is 1. The van der Waals surface area contributed by atoms with Crippen molar-refractivity contribution in [3.05, 3.63) is 42.1 Å². The molecule has 7 nitrogen and oxygen atoms in total. The maximum atomic E-state index is 10.6. The SMILES string of the molecule is C=NN(C)/C=C(\C)c1ccc(-c2ccc(N(C)C3CC4CCCC(C3)N4)nn2)c(O)c1. The van der Waals surface area contributed by atoms with E-state index in [2.05, 4.69) is 39.3 Å². The molecule has 2 unspecified atom stereocenters. The van der Waals surface area contributed by atoms with Crippen molar-refractivity contribution < 1.29 is 5.11 Å².